The number of benzene rings is 1. The zero-order chi connectivity index (χ0) is 11.8. The van der Waals surface area contributed by atoms with E-state index >= 15 is 0 Å². The first-order valence-electron chi connectivity index (χ1n) is 4.30. The molecule has 0 aromatic heterocycles. The summed E-state index contributed by atoms with van der Waals surface area (Å²) < 4.78 is 25.5. The number of anilines is 1. The van der Waals surface area contributed by atoms with Crippen LogP contribution < -0.4 is 5.32 Å². The fraction of sp³-hybridized carbons (Fsp3) is 0.111. The molecule has 0 aliphatic carbocycles. The summed E-state index contributed by atoms with van der Waals surface area (Å²) in [5, 5.41) is 2.57. The fourth-order valence-electron chi connectivity index (χ4n) is 1.47. The molecule has 0 radical (unpaired) electrons. The van der Waals surface area contributed by atoms with Crippen LogP contribution >= 0.6 is 0 Å². The van der Waals surface area contributed by atoms with Crippen molar-refractivity contribution < 1.29 is 18.0 Å². The largest absolute Gasteiger partial charge is 0.326 e. The standard InChI is InChI=1S/C9H6N2O4S/c12-5-10-16(14,15)7-1-2-8-6(3-7)4-9(13)11-8/h1-3H,4H2,(H,11,13). The minimum Gasteiger partial charge on any atom is -0.326 e. The van der Waals surface area contributed by atoms with E-state index in [1.54, 1.807) is 0 Å². The second kappa shape index (κ2) is 3.55. The molecular formula is C9H6N2O4S. The van der Waals surface area contributed by atoms with Gasteiger partial charge in [0.2, 0.25) is 5.91 Å². The Bertz CT molecular complexity index is 614. The summed E-state index contributed by atoms with van der Waals surface area (Å²) in [6.45, 7) is 0. The Labute approximate surface area is 91.0 Å². The molecule has 0 fully saturated rings. The summed E-state index contributed by atoms with van der Waals surface area (Å²) in [4.78, 5) is 20.9. The highest BCUT2D eigenvalue weighted by Gasteiger charge is 2.21. The number of isocyanates is 1. The third kappa shape index (κ3) is 1.73. The average molecular weight is 238 g/mol. The van der Waals surface area contributed by atoms with Gasteiger partial charge in [0.15, 0.2) is 0 Å². The zero-order valence-electron chi connectivity index (χ0n) is 7.93. The fourth-order valence-corrected chi connectivity index (χ4v) is 2.20. The molecular weight excluding hydrogens is 232 g/mol. The van der Waals surface area contributed by atoms with E-state index in [0.29, 0.717) is 11.3 Å². The lowest BCUT2D eigenvalue weighted by atomic mass is 10.2. The topological polar surface area (TPSA) is 92.7 Å². The first-order chi connectivity index (χ1) is 7.53. The molecule has 1 heterocycles. The van der Waals surface area contributed by atoms with Crippen LogP contribution in [-0.2, 0) is 26.0 Å². The van der Waals surface area contributed by atoms with Crippen molar-refractivity contribution in [2.24, 2.45) is 4.40 Å². The van der Waals surface area contributed by atoms with Crippen LogP contribution in [0.15, 0.2) is 27.5 Å². The monoisotopic (exact) mass is 238 g/mol. The van der Waals surface area contributed by atoms with Gasteiger partial charge in [-0.1, -0.05) is 4.40 Å². The van der Waals surface area contributed by atoms with Gasteiger partial charge in [-0.15, -0.1) is 0 Å². The Morgan fingerprint density at radius 3 is 2.81 bits per heavy atom. The van der Waals surface area contributed by atoms with E-state index in [0.717, 1.165) is 6.08 Å². The van der Waals surface area contributed by atoms with Crippen molar-refractivity contribution in [3.63, 3.8) is 0 Å². The lowest BCUT2D eigenvalue weighted by Gasteiger charge is -2.00. The van der Waals surface area contributed by atoms with E-state index in [4.69, 9.17) is 0 Å². The lowest BCUT2D eigenvalue weighted by molar-refractivity contribution is -0.115. The summed E-state index contributed by atoms with van der Waals surface area (Å²) in [7, 11) is -3.99. The number of carbonyl (C=O) groups excluding carboxylic acids is 2. The lowest BCUT2D eigenvalue weighted by Crippen LogP contribution is -2.03. The summed E-state index contributed by atoms with van der Waals surface area (Å²) in [6, 6.07) is 4.07. The predicted molar refractivity (Wildman–Crippen MR) is 54.1 cm³/mol. The quantitative estimate of drug-likeness (QED) is 0.588. The number of nitrogens with zero attached hydrogens (tertiary/aromatic N) is 1. The van der Waals surface area contributed by atoms with Crippen molar-refractivity contribution in [2.45, 2.75) is 11.3 Å². The maximum Gasteiger partial charge on any atom is 0.292 e. The van der Waals surface area contributed by atoms with Crippen LogP contribution in [-0.4, -0.2) is 20.4 Å². The van der Waals surface area contributed by atoms with Gasteiger partial charge in [-0.05, 0) is 23.8 Å². The third-order valence-corrected chi connectivity index (χ3v) is 3.32. The van der Waals surface area contributed by atoms with E-state index in [2.05, 4.69) is 9.71 Å². The number of amides is 1. The van der Waals surface area contributed by atoms with Gasteiger partial charge in [0, 0.05) is 5.69 Å². The van der Waals surface area contributed by atoms with Crippen LogP contribution in [0.2, 0.25) is 0 Å². The van der Waals surface area contributed by atoms with Crippen LogP contribution in [0.3, 0.4) is 0 Å². The molecule has 0 saturated heterocycles. The van der Waals surface area contributed by atoms with Gasteiger partial charge in [0.25, 0.3) is 16.1 Å². The van der Waals surface area contributed by atoms with Crippen LogP contribution in [0.25, 0.3) is 0 Å². The molecule has 1 N–H and O–H groups in total. The highest BCUT2D eigenvalue weighted by atomic mass is 32.2. The van der Waals surface area contributed by atoms with E-state index in [-0.39, 0.29) is 17.2 Å². The summed E-state index contributed by atoms with van der Waals surface area (Å²) >= 11 is 0. The molecule has 1 aromatic rings. The smallest absolute Gasteiger partial charge is 0.292 e. The van der Waals surface area contributed by atoms with Gasteiger partial charge in [0.05, 0.1) is 11.3 Å². The van der Waals surface area contributed by atoms with Crippen LogP contribution in [0, 0.1) is 0 Å². The molecule has 1 amide bonds. The molecule has 16 heavy (non-hydrogen) atoms. The van der Waals surface area contributed by atoms with E-state index in [1.165, 1.54) is 18.2 Å². The number of sulfonamides is 1. The Balaban J connectivity index is 2.52. The van der Waals surface area contributed by atoms with Crippen molar-refractivity contribution in [1.82, 2.24) is 0 Å². The highest BCUT2D eigenvalue weighted by Crippen LogP contribution is 2.26. The molecule has 0 saturated carbocycles. The number of fused-ring (bicyclic) bond motifs is 1. The molecule has 2 rings (SSSR count). The van der Waals surface area contributed by atoms with E-state index < -0.39 is 10.0 Å². The number of carbonyl (C=O) groups is 1. The molecule has 0 atom stereocenters. The maximum atomic E-state index is 11.4. The molecule has 1 aliphatic rings. The first-order valence-corrected chi connectivity index (χ1v) is 5.74. The van der Waals surface area contributed by atoms with Crippen LogP contribution in [0.5, 0.6) is 0 Å². The SMILES string of the molecule is O=C=NS(=O)(=O)c1ccc2c(c1)CC(=O)N2. The second-order valence-corrected chi connectivity index (χ2v) is 4.81. The third-order valence-electron chi connectivity index (χ3n) is 2.16. The van der Waals surface area contributed by atoms with Crippen molar-refractivity contribution >= 4 is 27.7 Å². The maximum absolute atomic E-state index is 11.4. The molecule has 0 bridgehead atoms. The zero-order valence-corrected chi connectivity index (χ0v) is 8.74. The van der Waals surface area contributed by atoms with Gasteiger partial charge in [-0.3, -0.25) is 4.79 Å². The van der Waals surface area contributed by atoms with E-state index in [9.17, 15) is 18.0 Å². The Kier molecular flexibility index (Phi) is 2.34. The highest BCUT2D eigenvalue weighted by molar-refractivity contribution is 7.90. The molecule has 0 unspecified atom stereocenters. The Morgan fingerprint density at radius 2 is 2.12 bits per heavy atom. The molecule has 1 aromatic carbocycles. The normalized spacial score (nSPS) is 13.9. The minimum absolute atomic E-state index is 0.119. The average Bonchev–Trinajstić information content (AvgIpc) is 2.56. The predicted octanol–water partition coefficient (Wildman–Crippen LogP) is 0.206. The summed E-state index contributed by atoms with van der Waals surface area (Å²) in [5.74, 6) is -0.191. The number of rotatable bonds is 2. The Morgan fingerprint density at radius 1 is 1.38 bits per heavy atom. The minimum atomic E-state index is -3.99. The van der Waals surface area contributed by atoms with Gasteiger partial charge in [0.1, 0.15) is 0 Å². The van der Waals surface area contributed by atoms with Gasteiger partial charge >= 0.3 is 0 Å². The Hall–Kier alpha value is -1.98. The van der Waals surface area contributed by atoms with Gasteiger partial charge < -0.3 is 5.32 Å². The second-order valence-electron chi connectivity index (χ2n) is 3.20. The van der Waals surface area contributed by atoms with Crippen molar-refractivity contribution in [3.05, 3.63) is 23.8 Å². The number of nitrogens with one attached hydrogen (secondary N) is 1. The molecule has 0 spiro atoms. The van der Waals surface area contributed by atoms with Crippen LogP contribution in [0.1, 0.15) is 5.56 Å². The molecule has 7 heteroatoms. The van der Waals surface area contributed by atoms with E-state index in [1.807, 2.05) is 0 Å². The van der Waals surface area contributed by atoms with Crippen molar-refractivity contribution in [3.8, 4) is 0 Å². The molecule has 6 nitrogen and oxygen atoms in total. The summed E-state index contributed by atoms with van der Waals surface area (Å²) in [6.07, 6.45) is 1.12. The number of hydrogen-bond acceptors (Lipinski definition) is 4. The van der Waals surface area contributed by atoms with Crippen LogP contribution in [0.4, 0.5) is 5.69 Å². The molecule has 1 aliphatic heterocycles. The van der Waals surface area contributed by atoms with Crippen molar-refractivity contribution in [1.29, 1.82) is 0 Å². The first kappa shape index (κ1) is 10.5. The van der Waals surface area contributed by atoms with Gasteiger partial charge in [-0.2, -0.15) is 8.42 Å². The van der Waals surface area contributed by atoms with Gasteiger partial charge in [-0.25, -0.2) is 4.79 Å². The molecule has 82 valence electrons. The number of hydrogen-bond donors (Lipinski definition) is 1. The van der Waals surface area contributed by atoms with Crippen molar-refractivity contribution in [2.75, 3.05) is 5.32 Å². The summed E-state index contributed by atoms with van der Waals surface area (Å²) in [5.41, 5.74) is 1.16.